The molecule has 0 N–H and O–H groups in total. The van der Waals surface area contributed by atoms with Crippen molar-refractivity contribution in [2.24, 2.45) is 34.5 Å². The number of Topliss-reactive ketones (excluding diaryl/α,β-unsaturated/α-hetero) is 2. The normalized spacial score (nSPS) is 51.5. The second-order valence-electron chi connectivity index (χ2n) is 8.04. The molecule has 0 aromatic carbocycles. The van der Waals surface area contributed by atoms with Crippen LogP contribution in [0.3, 0.4) is 0 Å². The standard InChI is InChI=1S/C19H24O2/c1-18-9-4-3-5-12(18)11-15(20)17-13-6-7-16(21)19(13,2)10-8-14(17)18/h3-5,9,12-14,17H,6-8,10-11H2,1-2H3/t12?,13-,14-,17-,18-,19-/m0/s1. The summed E-state index contributed by atoms with van der Waals surface area (Å²) in [5.41, 5.74) is -0.103. The maximum atomic E-state index is 12.8. The molecule has 4 aliphatic rings. The van der Waals surface area contributed by atoms with E-state index >= 15 is 0 Å². The van der Waals surface area contributed by atoms with Crippen LogP contribution in [0.1, 0.15) is 46.0 Å². The quantitative estimate of drug-likeness (QED) is 0.679. The molecular formula is C19H24O2. The van der Waals surface area contributed by atoms with Crippen molar-refractivity contribution >= 4 is 11.6 Å². The predicted octanol–water partition coefficient (Wildman–Crippen LogP) is 3.72. The average Bonchev–Trinajstić information content (AvgIpc) is 2.76. The third-order valence-electron chi connectivity index (χ3n) is 7.28. The Labute approximate surface area is 126 Å². The Morgan fingerprint density at radius 2 is 1.90 bits per heavy atom. The van der Waals surface area contributed by atoms with Gasteiger partial charge in [0.1, 0.15) is 11.6 Å². The van der Waals surface area contributed by atoms with Gasteiger partial charge in [-0.2, -0.15) is 0 Å². The summed E-state index contributed by atoms with van der Waals surface area (Å²) in [5.74, 6) is 2.03. The van der Waals surface area contributed by atoms with E-state index in [0.29, 0.717) is 42.2 Å². The number of fused-ring (bicyclic) bond motifs is 5. The van der Waals surface area contributed by atoms with Crippen molar-refractivity contribution in [2.45, 2.75) is 46.0 Å². The van der Waals surface area contributed by atoms with E-state index in [4.69, 9.17) is 0 Å². The van der Waals surface area contributed by atoms with Gasteiger partial charge in [-0.3, -0.25) is 9.59 Å². The monoisotopic (exact) mass is 284 g/mol. The van der Waals surface area contributed by atoms with Crippen LogP contribution in [0.2, 0.25) is 0 Å². The zero-order valence-electron chi connectivity index (χ0n) is 13.0. The van der Waals surface area contributed by atoms with E-state index in [1.54, 1.807) is 0 Å². The Kier molecular flexibility index (Phi) is 2.68. The number of hydrogen-bond donors (Lipinski definition) is 0. The van der Waals surface area contributed by atoms with Crippen LogP contribution in [-0.4, -0.2) is 11.6 Å². The molecule has 0 aromatic rings. The summed E-state index contributed by atoms with van der Waals surface area (Å²) < 4.78 is 0. The third kappa shape index (κ3) is 1.59. The van der Waals surface area contributed by atoms with E-state index in [1.165, 1.54) is 0 Å². The van der Waals surface area contributed by atoms with Gasteiger partial charge in [0.25, 0.3) is 0 Å². The molecule has 2 heteroatoms. The Morgan fingerprint density at radius 3 is 2.71 bits per heavy atom. The predicted molar refractivity (Wildman–Crippen MR) is 81.6 cm³/mol. The van der Waals surface area contributed by atoms with Crippen molar-refractivity contribution in [1.29, 1.82) is 0 Å². The lowest BCUT2D eigenvalue weighted by atomic mass is 9.47. The molecule has 0 aliphatic heterocycles. The van der Waals surface area contributed by atoms with Crippen molar-refractivity contribution in [3.63, 3.8) is 0 Å². The molecule has 0 aromatic heterocycles. The van der Waals surface area contributed by atoms with E-state index < -0.39 is 0 Å². The zero-order valence-corrected chi connectivity index (χ0v) is 13.0. The van der Waals surface area contributed by atoms with E-state index in [1.807, 2.05) is 0 Å². The van der Waals surface area contributed by atoms with Gasteiger partial charge in [-0.15, -0.1) is 0 Å². The van der Waals surface area contributed by atoms with Crippen LogP contribution in [0, 0.1) is 34.5 Å². The van der Waals surface area contributed by atoms with Gasteiger partial charge in [-0.05, 0) is 42.4 Å². The number of ketones is 2. The number of carbonyl (C=O) groups excluding carboxylic acids is 2. The fraction of sp³-hybridized carbons (Fsp3) is 0.684. The fourth-order valence-corrected chi connectivity index (χ4v) is 5.89. The molecule has 3 fully saturated rings. The smallest absolute Gasteiger partial charge is 0.139 e. The van der Waals surface area contributed by atoms with Crippen LogP contribution >= 0.6 is 0 Å². The first-order valence-corrected chi connectivity index (χ1v) is 8.39. The summed E-state index contributed by atoms with van der Waals surface area (Å²) in [6.07, 6.45) is 13.1. The Balaban J connectivity index is 1.76. The molecule has 0 radical (unpaired) electrons. The number of allylic oxidation sites excluding steroid dienone is 4. The average molecular weight is 284 g/mol. The van der Waals surface area contributed by atoms with E-state index in [-0.39, 0.29) is 16.7 Å². The highest BCUT2D eigenvalue weighted by Gasteiger charge is 2.61. The molecule has 4 rings (SSSR count). The van der Waals surface area contributed by atoms with E-state index in [2.05, 4.69) is 38.2 Å². The van der Waals surface area contributed by atoms with E-state index in [0.717, 1.165) is 19.3 Å². The molecule has 2 nitrogen and oxygen atoms in total. The molecule has 6 atom stereocenters. The zero-order chi connectivity index (χ0) is 14.8. The van der Waals surface area contributed by atoms with Crippen LogP contribution in [0.4, 0.5) is 0 Å². The number of hydrogen-bond acceptors (Lipinski definition) is 2. The Morgan fingerprint density at radius 1 is 1.10 bits per heavy atom. The van der Waals surface area contributed by atoms with Gasteiger partial charge in [-0.1, -0.05) is 38.2 Å². The molecule has 1 unspecified atom stereocenters. The maximum absolute atomic E-state index is 12.8. The minimum Gasteiger partial charge on any atom is -0.299 e. The van der Waals surface area contributed by atoms with Crippen molar-refractivity contribution < 1.29 is 9.59 Å². The second kappa shape index (κ2) is 4.18. The highest BCUT2D eigenvalue weighted by molar-refractivity contribution is 5.90. The highest BCUT2D eigenvalue weighted by atomic mass is 16.1. The molecule has 0 heterocycles. The van der Waals surface area contributed by atoms with Crippen LogP contribution in [0.5, 0.6) is 0 Å². The van der Waals surface area contributed by atoms with Gasteiger partial charge in [0.15, 0.2) is 0 Å². The lowest BCUT2D eigenvalue weighted by Gasteiger charge is -2.56. The summed E-state index contributed by atoms with van der Waals surface area (Å²) >= 11 is 0. The fourth-order valence-electron chi connectivity index (χ4n) is 5.89. The van der Waals surface area contributed by atoms with Crippen molar-refractivity contribution in [1.82, 2.24) is 0 Å². The highest BCUT2D eigenvalue weighted by Crippen LogP contribution is 2.62. The summed E-state index contributed by atoms with van der Waals surface area (Å²) in [7, 11) is 0. The molecule has 0 bridgehead atoms. The lowest BCUT2D eigenvalue weighted by Crippen LogP contribution is -2.55. The summed E-state index contributed by atoms with van der Waals surface area (Å²) in [6.45, 7) is 4.46. The maximum Gasteiger partial charge on any atom is 0.139 e. The van der Waals surface area contributed by atoms with Crippen molar-refractivity contribution in [3.8, 4) is 0 Å². The second-order valence-corrected chi connectivity index (χ2v) is 8.04. The minimum absolute atomic E-state index is 0.111. The van der Waals surface area contributed by atoms with E-state index in [9.17, 15) is 9.59 Å². The summed E-state index contributed by atoms with van der Waals surface area (Å²) in [4.78, 5) is 25.2. The molecule has 0 spiro atoms. The van der Waals surface area contributed by atoms with Gasteiger partial charge in [-0.25, -0.2) is 0 Å². The lowest BCUT2D eigenvalue weighted by molar-refractivity contribution is -0.147. The molecule has 4 aliphatic carbocycles. The third-order valence-corrected chi connectivity index (χ3v) is 7.28. The van der Waals surface area contributed by atoms with Crippen LogP contribution in [0.15, 0.2) is 24.3 Å². The van der Waals surface area contributed by atoms with Crippen LogP contribution < -0.4 is 0 Å². The number of carbonyl (C=O) groups is 2. The first-order valence-electron chi connectivity index (χ1n) is 8.39. The molecule has 3 saturated carbocycles. The first-order chi connectivity index (χ1) is 9.97. The summed E-state index contributed by atoms with van der Waals surface area (Å²) in [6, 6.07) is 0. The van der Waals surface area contributed by atoms with Gasteiger partial charge < -0.3 is 0 Å². The Bertz CT molecular complexity index is 572. The molecule has 21 heavy (non-hydrogen) atoms. The van der Waals surface area contributed by atoms with Crippen LogP contribution in [0.25, 0.3) is 0 Å². The summed E-state index contributed by atoms with van der Waals surface area (Å²) in [5, 5.41) is 0. The SMILES string of the molecule is C[C@]12C=CC=CC1CC(=O)[C@@H]1[C@@H]2CC[C@]2(C)C(=O)CC[C@@H]12. The van der Waals surface area contributed by atoms with Crippen LogP contribution in [-0.2, 0) is 9.59 Å². The topological polar surface area (TPSA) is 34.1 Å². The number of rotatable bonds is 0. The van der Waals surface area contributed by atoms with Gasteiger partial charge in [0.05, 0.1) is 0 Å². The first kappa shape index (κ1) is 13.5. The van der Waals surface area contributed by atoms with Crippen molar-refractivity contribution in [3.05, 3.63) is 24.3 Å². The molecule has 112 valence electrons. The molecular weight excluding hydrogens is 260 g/mol. The minimum atomic E-state index is -0.214. The largest absolute Gasteiger partial charge is 0.299 e. The van der Waals surface area contributed by atoms with Gasteiger partial charge >= 0.3 is 0 Å². The Hall–Kier alpha value is -1.18. The van der Waals surface area contributed by atoms with Gasteiger partial charge in [0.2, 0.25) is 0 Å². The van der Waals surface area contributed by atoms with Crippen molar-refractivity contribution in [2.75, 3.05) is 0 Å². The molecule has 0 amide bonds. The van der Waals surface area contributed by atoms with Gasteiger partial charge in [0, 0.05) is 24.2 Å². The molecule has 0 saturated heterocycles.